The minimum absolute atomic E-state index is 0.134. The van der Waals surface area contributed by atoms with Gasteiger partial charge in [0.15, 0.2) is 0 Å². The molecule has 1 aliphatic rings. The number of nitrogen functional groups attached to an aromatic ring is 1. The lowest BCUT2D eigenvalue weighted by molar-refractivity contribution is 0.0179. The second-order valence-electron chi connectivity index (χ2n) is 5.91. The molecule has 0 unspecified atom stereocenters. The second-order valence-corrected chi connectivity index (χ2v) is 7.59. The number of aryl methyl sites for hydroxylation is 1. The predicted molar refractivity (Wildman–Crippen MR) is 96.1 cm³/mol. The summed E-state index contributed by atoms with van der Waals surface area (Å²) in [6, 6.07) is 9.88. The molecule has 3 rings (SSSR count). The van der Waals surface area contributed by atoms with Crippen molar-refractivity contribution in [3.05, 3.63) is 65.5 Å². The molecule has 1 aliphatic heterocycles. The molecule has 9 heteroatoms. The molecule has 2 heterocycles. The molecular formula is C17H20N4O4S. The Hall–Kier alpha value is -2.46. The lowest BCUT2D eigenvalue weighted by Crippen LogP contribution is -2.40. The van der Waals surface area contributed by atoms with Crippen LogP contribution < -0.4 is 16.0 Å². The molecule has 0 amide bonds. The van der Waals surface area contributed by atoms with Gasteiger partial charge in [-0.15, -0.1) is 4.83 Å². The Balaban J connectivity index is 1.73. The predicted octanol–water partition coefficient (Wildman–Crippen LogP) is 0.771. The van der Waals surface area contributed by atoms with Crippen LogP contribution in [0.1, 0.15) is 17.2 Å². The zero-order chi connectivity index (χ0) is 18.7. The van der Waals surface area contributed by atoms with Crippen LogP contribution in [0.25, 0.3) is 0 Å². The van der Waals surface area contributed by atoms with E-state index in [1.807, 2.05) is 6.92 Å². The topological polar surface area (TPSA) is 127 Å². The van der Waals surface area contributed by atoms with Crippen molar-refractivity contribution in [2.45, 2.75) is 24.0 Å². The van der Waals surface area contributed by atoms with Gasteiger partial charge in [-0.1, -0.05) is 23.8 Å². The molecule has 0 saturated carbocycles. The highest BCUT2D eigenvalue weighted by Gasteiger charge is 2.29. The fraction of sp³-hybridized carbons (Fsp3) is 0.235. The summed E-state index contributed by atoms with van der Waals surface area (Å²) in [4.78, 5) is 6.45. The average molecular weight is 376 g/mol. The highest BCUT2D eigenvalue weighted by molar-refractivity contribution is 7.89. The highest BCUT2D eigenvalue weighted by Crippen LogP contribution is 2.29. The van der Waals surface area contributed by atoms with Crippen LogP contribution in [0.4, 0.5) is 5.82 Å². The maximum Gasteiger partial charge on any atom is 0.257 e. The summed E-state index contributed by atoms with van der Waals surface area (Å²) in [5, 5.41) is 9.50. The number of nitrogens with one attached hydrogen (secondary N) is 2. The number of aromatic nitrogens is 1. The van der Waals surface area contributed by atoms with Gasteiger partial charge in [0.2, 0.25) is 0 Å². The lowest BCUT2D eigenvalue weighted by atomic mass is 10.1. The molecule has 0 saturated heterocycles. The smallest absolute Gasteiger partial charge is 0.257 e. The maximum absolute atomic E-state index is 12.4. The first-order chi connectivity index (χ1) is 12.4. The van der Waals surface area contributed by atoms with Crippen molar-refractivity contribution in [3.63, 3.8) is 0 Å². The minimum Gasteiger partial charge on any atom is -0.393 e. The van der Waals surface area contributed by atoms with Gasteiger partial charge in [-0.2, -0.15) is 0 Å². The van der Waals surface area contributed by atoms with Crippen LogP contribution in [0.15, 0.2) is 59.3 Å². The van der Waals surface area contributed by atoms with Crippen molar-refractivity contribution in [2.24, 2.45) is 0 Å². The van der Waals surface area contributed by atoms with Gasteiger partial charge in [-0.25, -0.2) is 13.4 Å². The van der Waals surface area contributed by atoms with Crippen molar-refractivity contribution in [1.82, 2.24) is 15.2 Å². The minimum atomic E-state index is -3.75. The van der Waals surface area contributed by atoms with E-state index in [2.05, 4.69) is 15.2 Å². The first-order valence-electron chi connectivity index (χ1n) is 7.93. The van der Waals surface area contributed by atoms with Gasteiger partial charge in [0.05, 0.1) is 17.2 Å². The largest absolute Gasteiger partial charge is 0.393 e. The number of aliphatic hydroxyl groups is 1. The molecule has 0 bridgehead atoms. The number of nitrogens with two attached hydrogens (primary N) is 1. The molecule has 2 aromatic rings. The van der Waals surface area contributed by atoms with Gasteiger partial charge in [0, 0.05) is 11.8 Å². The zero-order valence-electron chi connectivity index (χ0n) is 14.1. The SMILES string of the molecule is Cc1ccc(S(=O)(=O)NNC2=C[C@H](c3ccc(N)nc3)O[C@@H]2CO)cc1. The van der Waals surface area contributed by atoms with E-state index < -0.39 is 22.2 Å². The summed E-state index contributed by atoms with van der Waals surface area (Å²) >= 11 is 0. The zero-order valence-corrected chi connectivity index (χ0v) is 14.9. The van der Waals surface area contributed by atoms with Crippen LogP contribution in [-0.4, -0.2) is 31.2 Å². The van der Waals surface area contributed by atoms with Crippen molar-refractivity contribution in [1.29, 1.82) is 0 Å². The van der Waals surface area contributed by atoms with E-state index in [9.17, 15) is 13.5 Å². The Bertz CT molecular complexity index is 895. The van der Waals surface area contributed by atoms with Crippen LogP contribution in [0.3, 0.4) is 0 Å². The third-order valence-corrected chi connectivity index (χ3v) is 5.22. The summed E-state index contributed by atoms with van der Waals surface area (Å²) in [5.41, 5.74) is 10.3. The van der Waals surface area contributed by atoms with Gasteiger partial charge >= 0.3 is 0 Å². The summed E-state index contributed by atoms with van der Waals surface area (Å²) in [5.74, 6) is 0.388. The van der Waals surface area contributed by atoms with Crippen LogP contribution in [0.2, 0.25) is 0 Å². The molecule has 2 atom stereocenters. The van der Waals surface area contributed by atoms with Crippen LogP contribution in [0.5, 0.6) is 0 Å². The number of hydrogen-bond acceptors (Lipinski definition) is 7. The van der Waals surface area contributed by atoms with E-state index in [1.165, 1.54) is 12.1 Å². The Morgan fingerprint density at radius 2 is 1.96 bits per heavy atom. The van der Waals surface area contributed by atoms with E-state index in [4.69, 9.17) is 10.5 Å². The molecular weight excluding hydrogens is 356 g/mol. The van der Waals surface area contributed by atoms with Gasteiger partial charge in [-0.05, 0) is 31.2 Å². The van der Waals surface area contributed by atoms with E-state index in [1.54, 1.807) is 36.5 Å². The molecule has 26 heavy (non-hydrogen) atoms. The van der Waals surface area contributed by atoms with Crippen molar-refractivity contribution >= 4 is 15.8 Å². The van der Waals surface area contributed by atoms with Gasteiger partial charge in [0.25, 0.3) is 10.0 Å². The van der Waals surface area contributed by atoms with Crippen molar-refractivity contribution < 1.29 is 18.3 Å². The normalized spacial score (nSPS) is 20.0. The molecule has 0 fully saturated rings. The number of anilines is 1. The number of pyridine rings is 1. The van der Waals surface area contributed by atoms with Gasteiger partial charge in [0.1, 0.15) is 18.0 Å². The van der Waals surface area contributed by atoms with E-state index in [0.717, 1.165) is 11.1 Å². The Morgan fingerprint density at radius 1 is 1.23 bits per heavy atom. The Labute approximate surface area is 151 Å². The molecule has 0 spiro atoms. The second kappa shape index (κ2) is 7.42. The molecule has 138 valence electrons. The molecule has 8 nitrogen and oxygen atoms in total. The van der Waals surface area contributed by atoms with Gasteiger partial charge < -0.3 is 21.0 Å². The van der Waals surface area contributed by atoms with Crippen LogP contribution >= 0.6 is 0 Å². The fourth-order valence-corrected chi connectivity index (χ4v) is 3.35. The number of rotatable bonds is 6. The third-order valence-electron chi connectivity index (χ3n) is 3.95. The summed E-state index contributed by atoms with van der Waals surface area (Å²) in [6.07, 6.45) is 2.11. The number of benzene rings is 1. The standard InChI is InChI=1S/C17H20N4O4S/c1-11-2-5-13(6-3-11)26(23,24)21-20-14-8-15(25-16(14)10-22)12-4-7-17(18)19-9-12/h2-9,15-16,20-22H,10H2,1H3,(H2,18,19)/t15-,16-/m1/s1. The highest BCUT2D eigenvalue weighted by atomic mass is 32.2. The summed E-state index contributed by atoms with van der Waals surface area (Å²) < 4.78 is 30.4. The summed E-state index contributed by atoms with van der Waals surface area (Å²) in [6.45, 7) is 1.57. The van der Waals surface area contributed by atoms with Crippen LogP contribution in [-0.2, 0) is 14.8 Å². The first-order valence-corrected chi connectivity index (χ1v) is 9.41. The number of aliphatic hydroxyl groups excluding tert-OH is 1. The van der Waals surface area contributed by atoms with Crippen LogP contribution in [0, 0.1) is 6.92 Å². The molecule has 5 N–H and O–H groups in total. The summed E-state index contributed by atoms with van der Waals surface area (Å²) in [7, 11) is -3.75. The van der Waals surface area contributed by atoms with Crippen molar-refractivity contribution in [2.75, 3.05) is 12.3 Å². The average Bonchev–Trinajstić information content (AvgIpc) is 3.04. The van der Waals surface area contributed by atoms with Gasteiger partial charge in [-0.3, -0.25) is 0 Å². The number of hydrogen-bond donors (Lipinski definition) is 4. The number of nitrogens with zero attached hydrogens (tertiary/aromatic N) is 1. The molecule has 0 aliphatic carbocycles. The van der Waals surface area contributed by atoms with E-state index in [-0.39, 0.29) is 11.5 Å². The lowest BCUT2D eigenvalue weighted by Gasteiger charge is -2.16. The van der Waals surface area contributed by atoms with E-state index in [0.29, 0.717) is 11.5 Å². The number of hydrazine groups is 1. The molecule has 1 aromatic carbocycles. The monoisotopic (exact) mass is 376 g/mol. The van der Waals surface area contributed by atoms with E-state index >= 15 is 0 Å². The number of sulfonamides is 1. The Morgan fingerprint density at radius 3 is 2.58 bits per heavy atom. The maximum atomic E-state index is 12.4. The third kappa shape index (κ3) is 4.02. The molecule has 0 radical (unpaired) electrons. The number of ether oxygens (including phenoxy) is 1. The fourth-order valence-electron chi connectivity index (χ4n) is 2.49. The first kappa shape index (κ1) is 18.3. The Kier molecular flexibility index (Phi) is 5.23. The molecule has 1 aromatic heterocycles. The van der Waals surface area contributed by atoms with Crippen molar-refractivity contribution in [3.8, 4) is 0 Å². The quantitative estimate of drug-likeness (QED) is 0.549.